The van der Waals surface area contributed by atoms with E-state index in [4.69, 9.17) is 0 Å². The van der Waals surface area contributed by atoms with Crippen molar-refractivity contribution < 1.29 is 0 Å². The van der Waals surface area contributed by atoms with Crippen molar-refractivity contribution in [3.63, 3.8) is 0 Å². The van der Waals surface area contributed by atoms with Crippen LogP contribution in [0.25, 0.3) is 5.57 Å². The monoisotopic (exact) mass is 227 g/mol. The van der Waals surface area contributed by atoms with Crippen molar-refractivity contribution in [2.24, 2.45) is 0 Å². The van der Waals surface area contributed by atoms with E-state index < -0.39 is 0 Å². The first-order valence-corrected chi connectivity index (χ1v) is 6.68. The molecule has 2 bridgehead atoms. The van der Waals surface area contributed by atoms with Crippen LogP contribution in [-0.2, 0) is 0 Å². The smallest absolute Gasteiger partial charge is 0.0328 e. The molecule has 90 valence electrons. The fourth-order valence-electron chi connectivity index (χ4n) is 3.43. The Kier molecular flexibility index (Phi) is 2.59. The number of fused-ring (bicyclic) bond motifs is 2. The lowest BCUT2D eigenvalue weighted by molar-refractivity contribution is 0.558. The highest BCUT2D eigenvalue weighted by Crippen LogP contribution is 2.38. The van der Waals surface area contributed by atoms with Gasteiger partial charge in [0.2, 0.25) is 0 Å². The minimum Gasteiger partial charge on any atom is -0.307 e. The molecule has 0 aliphatic carbocycles. The van der Waals surface area contributed by atoms with Gasteiger partial charge in [-0.15, -0.1) is 0 Å². The lowest BCUT2D eigenvalue weighted by Crippen LogP contribution is -2.35. The summed E-state index contributed by atoms with van der Waals surface area (Å²) in [5, 5.41) is 3.76. The number of benzene rings is 1. The molecule has 1 saturated heterocycles. The zero-order chi connectivity index (χ0) is 12.0. The van der Waals surface area contributed by atoms with Crippen molar-refractivity contribution in [2.45, 2.75) is 52.1 Å². The van der Waals surface area contributed by atoms with Crippen molar-refractivity contribution in [3.8, 4) is 0 Å². The number of nitrogens with one attached hydrogen (secondary N) is 1. The second kappa shape index (κ2) is 3.99. The molecule has 1 aromatic rings. The fraction of sp³-hybridized carbons (Fsp3) is 0.500. The predicted octanol–water partition coefficient (Wildman–Crippen LogP) is 3.60. The minimum atomic E-state index is 0.606. The van der Waals surface area contributed by atoms with E-state index in [9.17, 15) is 0 Å². The van der Waals surface area contributed by atoms with Crippen LogP contribution in [0.4, 0.5) is 0 Å². The van der Waals surface area contributed by atoms with E-state index in [1.165, 1.54) is 36.0 Å². The molecular weight excluding hydrogens is 206 g/mol. The Morgan fingerprint density at radius 3 is 2.76 bits per heavy atom. The molecule has 17 heavy (non-hydrogen) atoms. The van der Waals surface area contributed by atoms with Crippen LogP contribution in [-0.4, -0.2) is 12.1 Å². The summed E-state index contributed by atoms with van der Waals surface area (Å²) in [7, 11) is 0. The average Bonchev–Trinajstić information content (AvgIpc) is 2.66. The molecule has 2 unspecified atom stereocenters. The van der Waals surface area contributed by atoms with Crippen molar-refractivity contribution >= 4 is 5.57 Å². The summed E-state index contributed by atoms with van der Waals surface area (Å²) >= 11 is 0. The molecule has 2 aliphatic heterocycles. The largest absolute Gasteiger partial charge is 0.307 e. The highest BCUT2D eigenvalue weighted by atomic mass is 15.0. The third kappa shape index (κ3) is 1.83. The van der Waals surface area contributed by atoms with Gasteiger partial charge in [-0.3, -0.25) is 0 Å². The molecule has 0 amide bonds. The Morgan fingerprint density at radius 2 is 1.94 bits per heavy atom. The third-order valence-corrected chi connectivity index (χ3v) is 4.28. The molecule has 2 aliphatic rings. The molecule has 3 rings (SSSR count). The molecule has 0 radical (unpaired) electrons. The maximum atomic E-state index is 3.76. The molecule has 2 heterocycles. The number of hydrogen-bond donors (Lipinski definition) is 1. The fourth-order valence-corrected chi connectivity index (χ4v) is 3.43. The third-order valence-electron chi connectivity index (χ3n) is 4.28. The molecule has 0 spiro atoms. The maximum Gasteiger partial charge on any atom is 0.0328 e. The highest BCUT2D eigenvalue weighted by molar-refractivity contribution is 5.76. The lowest BCUT2D eigenvalue weighted by Gasteiger charge is -2.28. The normalized spacial score (nSPS) is 27.7. The van der Waals surface area contributed by atoms with Crippen LogP contribution in [0.3, 0.4) is 0 Å². The Balaban J connectivity index is 2.11. The Labute approximate surface area is 104 Å². The summed E-state index contributed by atoms with van der Waals surface area (Å²) in [6, 6.07) is 8.17. The minimum absolute atomic E-state index is 0.606. The van der Waals surface area contributed by atoms with E-state index in [1.54, 1.807) is 11.1 Å². The van der Waals surface area contributed by atoms with Crippen LogP contribution >= 0.6 is 0 Å². The molecule has 2 atom stereocenters. The number of hydrogen-bond acceptors (Lipinski definition) is 1. The second-order valence-corrected chi connectivity index (χ2v) is 5.71. The van der Waals surface area contributed by atoms with E-state index >= 15 is 0 Å². The average molecular weight is 227 g/mol. The predicted molar refractivity (Wildman–Crippen MR) is 73.1 cm³/mol. The highest BCUT2D eigenvalue weighted by Gasteiger charge is 2.33. The summed E-state index contributed by atoms with van der Waals surface area (Å²) in [5.74, 6) is 0. The van der Waals surface area contributed by atoms with Crippen molar-refractivity contribution in [3.05, 3.63) is 40.5 Å². The van der Waals surface area contributed by atoms with E-state index in [0.29, 0.717) is 6.04 Å². The van der Waals surface area contributed by atoms with Crippen molar-refractivity contribution in [1.29, 1.82) is 0 Å². The van der Waals surface area contributed by atoms with Gasteiger partial charge < -0.3 is 5.32 Å². The van der Waals surface area contributed by atoms with Gasteiger partial charge in [-0.1, -0.05) is 29.3 Å². The maximum absolute atomic E-state index is 3.76. The van der Waals surface area contributed by atoms with Gasteiger partial charge in [-0.05, 0) is 56.7 Å². The van der Waals surface area contributed by atoms with Gasteiger partial charge in [0.1, 0.15) is 0 Å². The van der Waals surface area contributed by atoms with Gasteiger partial charge in [0.05, 0.1) is 0 Å². The molecule has 1 heteroatoms. The standard InChI is InChI=1S/C16H21N/c1-10-4-5-11(2)14(8-10)16-12(3)9-13-6-7-15(16)17-13/h4-5,8,13,15,17H,6-7,9H2,1-3H3. The zero-order valence-electron chi connectivity index (χ0n) is 11.0. The van der Waals surface area contributed by atoms with Gasteiger partial charge in [0, 0.05) is 12.1 Å². The van der Waals surface area contributed by atoms with E-state index in [-0.39, 0.29) is 0 Å². The van der Waals surface area contributed by atoms with Gasteiger partial charge in [0.15, 0.2) is 0 Å². The van der Waals surface area contributed by atoms with Crippen LogP contribution in [0.2, 0.25) is 0 Å². The summed E-state index contributed by atoms with van der Waals surface area (Å²) in [6.45, 7) is 6.74. The van der Waals surface area contributed by atoms with Crippen LogP contribution in [0.5, 0.6) is 0 Å². The lowest BCUT2D eigenvalue weighted by atomic mass is 9.87. The van der Waals surface area contributed by atoms with Crippen molar-refractivity contribution in [2.75, 3.05) is 0 Å². The van der Waals surface area contributed by atoms with E-state index in [2.05, 4.69) is 44.3 Å². The first-order valence-electron chi connectivity index (χ1n) is 6.68. The van der Waals surface area contributed by atoms with Crippen molar-refractivity contribution in [1.82, 2.24) is 5.32 Å². The van der Waals surface area contributed by atoms with Crippen LogP contribution in [0.15, 0.2) is 23.8 Å². The molecule has 0 saturated carbocycles. The van der Waals surface area contributed by atoms with Gasteiger partial charge in [-0.25, -0.2) is 0 Å². The first-order chi connectivity index (χ1) is 8.15. The second-order valence-electron chi connectivity index (χ2n) is 5.71. The summed E-state index contributed by atoms with van der Waals surface area (Å²) in [4.78, 5) is 0. The summed E-state index contributed by atoms with van der Waals surface area (Å²) in [6.07, 6.45) is 3.89. The van der Waals surface area contributed by atoms with Gasteiger partial charge in [0.25, 0.3) is 0 Å². The molecule has 0 aromatic heterocycles. The Hall–Kier alpha value is -1.08. The number of aryl methyl sites for hydroxylation is 2. The molecular formula is C16H21N. The number of rotatable bonds is 1. The molecule has 1 nitrogen and oxygen atoms in total. The summed E-state index contributed by atoms with van der Waals surface area (Å²) < 4.78 is 0. The molecule has 1 N–H and O–H groups in total. The van der Waals surface area contributed by atoms with Crippen LogP contribution in [0, 0.1) is 13.8 Å². The quantitative estimate of drug-likeness (QED) is 0.773. The van der Waals surface area contributed by atoms with E-state index in [1.807, 2.05) is 0 Å². The Bertz CT molecular complexity index is 484. The van der Waals surface area contributed by atoms with Gasteiger partial charge >= 0.3 is 0 Å². The Morgan fingerprint density at radius 1 is 1.12 bits per heavy atom. The zero-order valence-corrected chi connectivity index (χ0v) is 11.0. The van der Waals surface area contributed by atoms with E-state index in [0.717, 1.165) is 6.04 Å². The summed E-state index contributed by atoms with van der Waals surface area (Å²) in [5.41, 5.74) is 7.44. The molecule has 1 fully saturated rings. The molecule has 1 aromatic carbocycles. The topological polar surface area (TPSA) is 12.0 Å². The van der Waals surface area contributed by atoms with Crippen LogP contribution in [0.1, 0.15) is 42.9 Å². The van der Waals surface area contributed by atoms with Gasteiger partial charge in [-0.2, -0.15) is 0 Å². The first kappa shape index (κ1) is 11.0. The SMILES string of the molecule is CC1=C(c2cc(C)ccc2C)C2CCC(C1)N2. The van der Waals surface area contributed by atoms with Crippen LogP contribution < -0.4 is 5.32 Å².